The Balaban J connectivity index is 2.55. The molecule has 1 N–H and O–H groups in total. The zero-order valence-corrected chi connectivity index (χ0v) is 17.9. The second-order valence-electron chi connectivity index (χ2n) is 5.12. The number of halogens is 6. The van der Waals surface area contributed by atoms with E-state index in [0.717, 1.165) is 4.47 Å². The van der Waals surface area contributed by atoms with Crippen LogP contribution in [0.5, 0.6) is 0 Å². The molecule has 0 fully saturated rings. The van der Waals surface area contributed by atoms with E-state index in [4.69, 9.17) is 62.7 Å². The van der Waals surface area contributed by atoms with E-state index in [-0.39, 0.29) is 6.61 Å². The molecule has 1 aromatic carbocycles. The number of esters is 1. The molecule has 0 spiro atoms. The molecule has 0 saturated heterocycles. The van der Waals surface area contributed by atoms with Gasteiger partial charge < -0.3 is 9.84 Å². The SMILES string of the molecule is C[C@H](Cl)[C@H](Cl)[C@H](O)[C@@H](Cl)[C@@H](Cl)[C@H](Cl)COC(=O)c1ccc(Br)cc1. The van der Waals surface area contributed by atoms with Gasteiger partial charge >= 0.3 is 5.97 Å². The quantitative estimate of drug-likeness (QED) is 0.402. The average molecular weight is 501 g/mol. The lowest BCUT2D eigenvalue weighted by Gasteiger charge is -2.28. The maximum absolute atomic E-state index is 11.9. The summed E-state index contributed by atoms with van der Waals surface area (Å²) in [6.45, 7) is 1.47. The van der Waals surface area contributed by atoms with Gasteiger partial charge in [-0.25, -0.2) is 4.79 Å². The van der Waals surface area contributed by atoms with Gasteiger partial charge in [0, 0.05) is 9.85 Å². The van der Waals surface area contributed by atoms with Crippen LogP contribution in [0.3, 0.4) is 0 Å². The molecule has 0 aromatic heterocycles. The van der Waals surface area contributed by atoms with Crippen LogP contribution in [0.4, 0.5) is 0 Å². The maximum atomic E-state index is 11.9. The molecule has 0 unspecified atom stereocenters. The van der Waals surface area contributed by atoms with Gasteiger partial charge in [0.05, 0.1) is 33.2 Å². The first-order valence-corrected chi connectivity index (χ1v) is 9.93. The highest BCUT2D eigenvalue weighted by Crippen LogP contribution is 2.27. The van der Waals surface area contributed by atoms with Crippen molar-refractivity contribution in [2.45, 2.75) is 39.9 Å². The summed E-state index contributed by atoms with van der Waals surface area (Å²) in [5.74, 6) is -0.534. The van der Waals surface area contributed by atoms with Crippen LogP contribution in [-0.2, 0) is 4.74 Å². The van der Waals surface area contributed by atoms with E-state index in [1.165, 1.54) is 0 Å². The van der Waals surface area contributed by atoms with Crippen molar-refractivity contribution in [3.63, 3.8) is 0 Å². The fraction of sp³-hybridized carbons (Fsp3) is 0.533. The summed E-state index contributed by atoms with van der Waals surface area (Å²) in [5.41, 5.74) is 0.382. The van der Waals surface area contributed by atoms with Gasteiger partial charge in [0.2, 0.25) is 0 Å². The van der Waals surface area contributed by atoms with Crippen LogP contribution in [-0.4, -0.2) is 50.7 Å². The van der Waals surface area contributed by atoms with Crippen molar-refractivity contribution in [3.05, 3.63) is 34.3 Å². The minimum atomic E-state index is -1.16. The summed E-state index contributed by atoms with van der Waals surface area (Å²) in [6.07, 6.45) is -1.16. The van der Waals surface area contributed by atoms with E-state index in [1.807, 2.05) is 0 Å². The number of hydrogen-bond donors (Lipinski definition) is 1. The number of benzene rings is 1. The lowest BCUT2D eigenvalue weighted by atomic mass is 10.1. The summed E-state index contributed by atoms with van der Waals surface area (Å²) in [5, 5.41) is 6.12. The Morgan fingerprint density at radius 3 is 2.12 bits per heavy atom. The van der Waals surface area contributed by atoms with Crippen LogP contribution in [0.1, 0.15) is 17.3 Å². The lowest BCUT2D eigenvalue weighted by Crippen LogP contribution is -2.43. The van der Waals surface area contributed by atoms with E-state index in [1.54, 1.807) is 31.2 Å². The highest BCUT2D eigenvalue weighted by atomic mass is 79.9. The van der Waals surface area contributed by atoms with Gasteiger partial charge in [0.15, 0.2) is 0 Å². The van der Waals surface area contributed by atoms with Crippen LogP contribution in [0.15, 0.2) is 28.7 Å². The monoisotopic (exact) mass is 498 g/mol. The van der Waals surface area contributed by atoms with Gasteiger partial charge in [-0.1, -0.05) is 15.9 Å². The maximum Gasteiger partial charge on any atom is 0.338 e. The van der Waals surface area contributed by atoms with Gasteiger partial charge in [-0.15, -0.1) is 58.0 Å². The van der Waals surface area contributed by atoms with Crippen molar-refractivity contribution in [2.75, 3.05) is 6.61 Å². The lowest BCUT2D eigenvalue weighted by molar-refractivity contribution is 0.0499. The van der Waals surface area contributed by atoms with Crippen LogP contribution < -0.4 is 0 Å². The Kier molecular flexibility index (Phi) is 10.0. The number of rotatable bonds is 8. The zero-order chi connectivity index (χ0) is 18.4. The summed E-state index contributed by atoms with van der Waals surface area (Å²) in [4.78, 5) is 11.9. The Bertz CT molecular complexity index is 528. The first kappa shape index (κ1) is 22.6. The van der Waals surface area contributed by atoms with E-state index >= 15 is 0 Å². The minimum absolute atomic E-state index is 0.163. The van der Waals surface area contributed by atoms with E-state index < -0.39 is 39.0 Å². The number of carbonyl (C=O) groups excluding carboxylic acids is 1. The largest absolute Gasteiger partial charge is 0.460 e. The van der Waals surface area contributed by atoms with Crippen LogP contribution >= 0.6 is 73.9 Å². The summed E-state index contributed by atoms with van der Waals surface area (Å²) >= 11 is 33.5. The predicted molar refractivity (Wildman–Crippen MR) is 104 cm³/mol. The van der Waals surface area contributed by atoms with Crippen molar-refractivity contribution in [3.8, 4) is 0 Å². The molecule has 0 saturated carbocycles. The fourth-order valence-corrected chi connectivity index (χ4v) is 3.24. The van der Waals surface area contributed by atoms with Crippen molar-refractivity contribution in [1.29, 1.82) is 0 Å². The van der Waals surface area contributed by atoms with Gasteiger partial charge in [-0.3, -0.25) is 0 Å². The van der Waals surface area contributed by atoms with Crippen molar-refractivity contribution in [2.24, 2.45) is 0 Å². The molecule has 3 nitrogen and oxygen atoms in total. The molecule has 1 aromatic rings. The highest BCUT2D eigenvalue weighted by Gasteiger charge is 2.36. The van der Waals surface area contributed by atoms with Crippen LogP contribution in [0.2, 0.25) is 0 Å². The topological polar surface area (TPSA) is 46.5 Å². The fourth-order valence-electron chi connectivity index (χ4n) is 1.75. The Morgan fingerprint density at radius 2 is 1.62 bits per heavy atom. The Labute approximate surface area is 174 Å². The zero-order valence-electron chi connectivity index (χ0n) is 12.5. The number of alkyl halides is 5. The minimum Gasteiger partial charge on any atom is -0.460 e. The first-order valence-electron chi connectivity index (χ1n) is 6.96. The number of aliphatic hydroxyl groups excluding tert-OH is 1. The van der Waals surface area contributed by atoms with Gasteiger partial charge in [-0.2, -0.15) is 0 Å². The third kappa shape index (κ3) is 6.71. The first-order chi connectivity index (χ1) is 11.1. The molecule has 0 amide bonds. The molecule has 9 heteroatoms. The standard InChI is InChI=1S/C15H16BrCl5O3/c1-7(17)11(19)14(22)13(21)12(20)10(18)6-24-15(23)8-2-4-9(16)5-3-8/h2-5,7,10-14,22H,6H2,1H3/t7-,10+,11-,12-,13-,14-/m0/s1. The summed E-state index contributed by atoms with van der Waals surface area (Å²) < 4.78 is 5.96. The predicted octanol–water partition coefficient (Wildman–Crippen LogP) is 5.02. The normalized spacial score (nSPS) is 19.0. The molecule has 6 atom stereocenters. The van der Waals surface area contributed by atoms with Gasteiger partial charge in [0.1, 0.15) is 6.61 Å². The molecule has 0 aliphatic heterocycles. The van der Waals surface area contributed by atoms with Crippen molar-refractivity contribution in [1.82, 2.24) is 0 Å². The molecule has 24 heavy (non-hydrogen) atoms. The van der Waals surface area contributed by atoms with Gasteiger partial charge in [0.25, 0.3) is 0 Å². The van der Waals surface area contributed by atoms with Gasteiger partial charge in [-0.05, 0) is 31.2 Å². The Hall–Kier alpha value is 0.580. The van der Waals surface area contributed by atoms with Crippen LogP contribution in [0.25, 0.3) is 0 Å². The van der Waals surface area contributed by atoms with Crippen molar-refractivity contribution < 1.29 is 14.6 Å². The third-order valence-electron chi connectivity index (χ3n) is 3.19. The second kappa shape index (κ2) is 10.7. The second-order valence-corrected chi connectivity index (χ2v) is 8.80. The molecule has 0 heterocycles. The molecule has 0 aliphatic rings. The van der Waals surface area contributed by atoms with E-state index in [0.29, 0.717) is 5.56 Å². The smallest absolute Gasteiger partial charge is 0.338 e. The van der Waals surface area contributed by atoms with E-state index in [2.05, 4.69) is 15.9 Å². The molecular weight excluding hydrogens is 485 g/mol. The number of carbonyl (C=O) groups is 1. The van der Waals surface area contributed by atoms with Crippen molar-refractivity contribution >= 4 is 79.9 Å². The molecule has 1 rings (SSSR count). The summed E-state index contributed by atoms with van der Waals surface area (Å²) in [6, 6.07) is 6.67. The number of aliphatic hydroxyl groups is 1. The molecule has 0 radical (unpaired) electrons. The Morgan fingerprint density at radius 1 is 1.08 bits per heavy atom. The summed E-state index contributed by atoms with van der Waals surface area (Å²) in [7, 11) is 0. The number of hydrogen-bond acceptors (Lipinski definition) is 3. The highest BCUT2D eigenvalue weighted by molar-refractivity contribution is 9.10. The third-order valence-corrected chi connectivity index (χ3v) is 6.52. The molecule has 0 aliphatic carbocycles. The molecule has 136 valence electrons. The number of ether oxygens (including phenoxy) is 1. The average Bonchev–Trinajstić information content (AvgIpc) is 2.57. The van der Waals surface area contributed by atoms with E-state index in [9.17, 15) is 9.90 Å². The molecule has 0 bridgehead atoms. The van der Waals surface area contributed by atoms with Crippen LogP contribution in [0, 0.1) is 0 Å². The molecular formula is C15H16BrCl5O3.